The number of halogens is 1. The lowest BCUT2D eigenvalue weighted by atomic mass is 10.0. The Morgan fingerprint density at radius 3 is 2.39 bits per heavy atom. The molecule has 2 aromatic rings. The molecule has 0 saturated heterocycles. The SMILES string of the molecule is CCc1ccc(C(=O)c2ccc(N)cc2Br)cc1. The minimum Gasteiger partial charge on any atom is -0.399 e. The van der Waals surface area contributed by atoms with Crippen molar-refractivity contribution >= 4 is 27.4 Å². The van der Waals surface area contributed by atoms with Crippen LogP contribution in [0.5, 0.6) is 0 Å². The topological polar surface area (TPSA) is 43.1 Å². The highest BCUT2D eigenvalue weighted by Crippen LogP contribution is 2.22. The molecule has 0 unspecified atom stereocenters. The van der Waals surface area contributed by atoms with Gasteiger partial charge in [0.05, 0.1) is 0 Å². The lowest BCUT2D eigenvalue weighted by molar-refractivity contribution is 0.103. The second kappa shape index (κ2) is 5.36. The molecule has 0 atom stereocenters. The van der Waals surface area contributed by atoms with Gasteiger partial charge in [-0.25, -0.2) is 0 Å². The summed E-state index contributed by atoms with van der Waals surface area (Å²) in [6, 6.07) is 12.9. The molecule has 2 aromatic carbocycles. The van der Waals surface area contributed by atoms with E-state index >= 15 is 0 Å². The van der Waals surface area contributed by atoms with Crippen molar-refractivity contribution in [2.24, 2.45) is 0 Å². The number of aryl methyl sites for hydroxylation is 1. The molecule has 0 aliphatic carbocycles. The minimum atomic E-state index is 0.00419. The number of hydrogen-bond donors (Lipinski definition) is 1. The largest absolute Gasteiger partial charge is 0.399 e. The standard InChI is InChI=1S/C15H14BrNO/c1-2-10-3-5-11(6-4-10)15(18)13-8-7-12(17)9-14(13)16/h3-9H,2,17H2,1H3. The normalized spacial score (nSPS) is 10.3. The first kappa shape index (κ1) is 12.8. The minimum absolute atomic E-state index is 0.00419. The third kappa shape index (κ3) is 2.62. The van der Waals surface area contributed by atoms with Crippen LogP contribution in [0.1, 0.15) is 28.4 Å². The molecule has 0 bridgehead atoms. The van der Waals surface area contributed by atoms with Gasteiger partial charge >= 0.3 is 0 Å². The number of ketones is 1. The molecule has 18 heavy (non-hydrogen) atoms. The summed E-state index contributed by atoms with van der Waals surface area (Å²) >= 11 is 3.37. The van der Waals surface area contributed by atoms with Crippen LogP contribution in [0.15, 0.2) is 46.9 Å². The van der Waals surface area contributed by atoms with Gasteiger partial charge in [-0.1, -0.05) is 31.2 Å². The van der Waals surface area contributed by atoms with Gasteiger partial charge in [0, 0.05) is 21.3 Å². The van der Waals surface area contributed by atoms with Crippen LogP contribution in [0.25, 0.3) is 0 Å². The van der Waals surface area contributed by atoms with Crippen LogP contribution >= 0.6 is 15.9 Å². The molecule has 92 valence electrons. The summed E-state index contributed by atoms with van der Waals surface area (Å²) in [4.78, 5) is 12.3. The Morgan fingerprint density at radius 1 is 1.17 bits per heavy atom. The third-order valence-electron chi connectivity index (χ3n) is 2.86. The number of rotatable bonds is 3. The molecule has 0 aliphatic rings. The van der Waals surface area contributed by atoms with E-state index < -0.39 is 0 Å². The lowest BCUT2D eigenvalue weighted by Gasteiger charge is -2.05. The predicted molar refractivity (Wildman–Crippen MR) is 77.8 cm³/mol. The van der Waals surface area contributed by atoms with Gasteiger partial charge in [0.2, 0.25) is 0 Å². The van der Waals surface area contributed by atoms with Gasteiger partial charge in [0.25, 0.3) is 0 Å². The number of carbonyl (C=O) groups excluding carboxylic acids is 1. The Balaban J connectivity index is 2.35. The Hall–Kier alpha value is -1.61. The number of benzene rings is 2. The van der Waals surface area contributed by atoms with Crippen LogP contribution in [0.3, 0.4) is 0 Å². The van der Waals surface area contributed by atoms with Gasteiger partial charge in [0.15, 0.2) is 5.78 Å². The molecule has 2 rings (SSSR count). The zero-order chi connectivity index (χ0) is 13.1. The van der Waals surface area contributed by atoms with Crippen LogP contribution in [0.2, 0.25) is 0 Å². The molecular formula is C15H14BrNO. The highest BCUT2D eigenvalue weighted by Gasteiger charge is 2.12. The smallest absolute Gasteiger partial charge is 0.194 e. The Bertz CT molecular complexity index is 576. The van der Waals surface area contributed by atoms with Gasteiger partial charge < -0.3 is 5.73 Å². The zero-order valence-corrected chi connectivity index (χ0v) is 11.7. The molecule has 3 heteroatoms. The molecular weight excluding hydrogens is 290 g/mol. The van der Waals surface area contributed by atoms with Crippen LogP contribution < -0.4 is 5.73 Å². The van der Waals surface area contributed by atoms with Gasteiger partial charge in [-0.05, 0) is 46.1 Å². The summed E-state index contributed by atoms with van der Waals surface area (Å²) in [5.74, 6) is 0.00419. The van der Waals surface area contributed by atoms with Crippen molar-refractivity contribution in [3.8, 4) is 0 Å². The molecule has 0 fully saturated rings. The first-order valence-electron chi connectivity index (χ1n) is 5.80. The third-order valence-corrected chi connectivity index (χ3v) is 3.52. The molecule has 0 radical (unpaired) electrons. The summed E-state index contributed by atoms with van der Waals surface area (Å²) in [7, 11) is 0. The number of carbonyl (C=O) groups is 1. The van der Waals surface area contributed by atoms with Crippen molar-refractivity contribution < 1.29 is 4.79 Å². The Labute approximate surface area is 115 Å². The van der Waals surface area contributed by atoms with E-state index in [0.29, 0.717) is 16.8 Å². The summed E-state index contributed by atoms with van der Waals surface area (Å²) in [6.07, 6.45) is 0.972. The average molecular weight is 304 g/mol. The first-order chi connectivity index (χ1) is 8.61. The average Bonchev–Trinajstić information content (AvgIpc) is 2.38. The van der Waals surface area contributed by atoms with Gasteiger partial charge in [-0.3, -0.25) is 4.79 Å². The summed E-state index contributed by atoms with van der Waals surface area (Å²) < 4.78 is 0.729. The fourth-order valence-corrected chi connectivity index (χ4v) is 2.34. The van der Waals surface area contributed by atoms with Crippen molar-refractivity contribution in [3.05, 3.63) is 63.6 Å². The van der Waals surface area contributed by atoms with Crippen molar-refractivity contribution in [2.45, 2.75) is 13.3 Å². The summed E-state index contributed by atoms with van der Waals surface area (Å²) in [5, 5.41) is 0. The summed E-state index contributed by atoms with van der Waals surface area (Å²) in [6.45, 7) is 2.09. The van der Waals surface area contributed by atoms with Gasteiger partial charge in [-0.2, -0.15) is 0 Å². The van der Waals surface area contributed by atoms with Crippen molar-refractivity contribution in [1.29, 1.82) is 0 Å². The predicted octanol–water partition coefficient (Wildman–Crippen LogP) is 3.82. The summed E-state index contributed by atoms with van der Waals surface area (Å²) in [5.41, 5.74) is 8.85. The van der Waals surface area contributed by atoms with E-state index in [1.807, 2.05) is 24.3 Å². The van der Waals surface area contributed by atoms with Crippen molar-refractivity contribution in [3.63, 3.8) is 0 Å². The molecule has 0 saturated carbocycles. The van der Waals surface area contributed by atoms with Gasteiger partial charge in [0.1, 0.15) is 0 Å². The number of anilines is 1. The fourth-order valence-electron chi connectivity index (χ4n) is 1.76. The van der Waals surface area contributed by atoms with E-state index in [1.54, 1.807) is 18.2 Å². The second-order valence-electron chi connectivity index (χ2n) is 4.12. The molecule has 2 N–H and O–H groups in total. The molecule has 0 amide bonds. The maximum atomic E-state index is 12.3. The maximum absolute atomic E-state index is 12.3. The van der Waals surface area contributed by atoms with Crippen LogP contribution in [-0.4, -0.2) is 5.78 Å². The van der Waals surface area contributed by atoms with E-state index in [1.165, 1.54) is 5.56 Å². The quantitative estimate of drug-likeness (QED) is 0.692. The molecule has 0 aromatic heterocycles. The molecule has 0 heterocycles. The van der Waals surface area contributed by atoms with E-state index in [9.17, 15) is 4.79 Å². The number of nitrogens with two attached hydrogens (primary N) is 1. The zero-order valence-electron chi connectivity index (χ0n) is 10.1. The Kier molecular flexibility index (Phi) is 3.82. The molecule has 0 aliphatic heterocycles. The monoisotopic (exact) mass is 303 g/mol. The fraction of sp³-hybridized carbons (Fsp3) is 0.133. The second-order valence-corrected chi connectivity index (χ2v) is 4.97. The Morgan fingerprint density at radius 2 is 1.83 bits per heavy atom. The molecule has 2 nitrogen and oxygen atoms in total. The first-order valence-corrected chi connectivity index (χ1v) is 6.59. The van der Waals surface area contributed by atoms with Crippen LogP contribution in [0.4, 0.5) is 5.69 Å². The lowest BCUT2D eigenvalue weighted by Crippen LogP contribution is -2.03. The van der Waals surface area contributed by atoms with E-state index in [-0.39, 0.29) is 5.78 Å². The van der Waals surface area contributed by atoms with E-state index in [0.717, 1.165) is 10.9 Å². The van der Waals surface area contributed by atoms with Gasteiger partial charge in [-0.15, -0.1) is 0 Å². The molecule has 0 spiro atoms. The number of nitrogen functional groups attached to an aromatic ring is 1. The van der Waals surface area contributed by atoms with Crippen molar-refractivity contribution in [1.82, 2.24) is 0 Å². The number of hydrogen-bond acceptors (Lipinski definition) is 2. The van der Waals surface area contributed by atoms with E-state index in [2.05, 4.69) is 22.9 Å². The highest BCUT2D eigenvalue weighted by molar-refractivity contribution is 9.10. The van der Waals surface area contributed by atoms with E-state index in [4.69, 9.17) is 5.73 Å². The maximum Gasteiger partial charge on any atom is 0.194 e. The van der Waals surface area contributed by atoms with Crippen molar-refractivity contribution in [2.75, 3.05) is 5.73 Å². The van der Waals surface area contributed by atoms with Crippen LogP contribution in [-0.2, 0) is 6.42 Å². The van der Waals surface area contributed by atoms with Crippen LogP contribution in [0, 0.1) is 0 Å². The highest BCUT2D eigenvalue weighted by atomic mass is 79.9.